The Kier molecular flexibility index (Phi) is 6.21. The van der Waals surface area contributed by atoms with Crippen LogP contribution < -0.4 is 15.8 Å². The number of hydrogen-bond acceptors (Lipinski definition) is 4. The first-order chi connectivity index (χ1) is 10.7. The number of anilines is 1. The maximum Gasteiger partial charge on any atom is 0.230 e. The first-order valence-electron chi connectivity index (χ1n) is 8.02. The second-order valence-corrected chi connectivity index (χ2v) is 5.70. The molecule has 0 atom stereocenters. The number of carbonyl (C=O) groups is 1. The van der Waals surface area contributed by atoms with Crippen LogP contribution in [0, 0.1) is 5.41 Å². The molecule has 0 radical (unpaired) electrons. The van der Waals surface area contributed by atoms with E-state index in [9.17, 15) is 4.79 Å². The van der Waals surface area contributed by atoms with Crippen LogP contribution in [0.2, 0.25) is 0 Å². The number of hydrogen-bond donors (Lipinski definition) is 2. The Labute approximate surface area is 132 Å². The van der Waals surface area contributed by atoms with Crippen molar-refractivity contribution in [2.45, 2.75) is 32.6 Å². The van der Waals surface area contributed by atoms with Crippen LogP contribution in [0.5, 0.6) is 5.75 Å². The zero-order valence-electron chi connectivity index (χ0n) is 13.3. The number of benzene rings is 1. The van der Waals surface area contributed by atoms with Crippen molar-refractivity contribution >= 4 is 11.6 Å². The lowest BCUT2D eigenvalue weighted by molar-refractivity contribution is -0.132. The Hall–Kier alpha value is -1.59. The summed E-state index contributed by atoms with van der Waals surface area (Å²) in [6, 6.07) is 7.41. The molecular formula is C17H26N2O3. The molecule has 1 fully saturated rings. The molecule has 1 aromatic rings. The van der Waals surface area contributed by atoms with Gasteiger partial charge in [-0.3, -0.25) is 4.79 Å². The van der Waals surface area contributed by atoms with E-state index in [1.807, 2.05) is 31.2 Å². The third-order valence-electron chi connectivity index (χ3n) is 4.22. The van der Waals surface area contributed by atoms with Crippen LogP contribution in [0.3, 0.4) is 0 Å². The molecule has 1 amide bonds. The summed E-state index contributed by atoms with van der Waals surface area (Å²) in [4.78, 5) is 12.6. The predicted octanol–water partition coefficient (Wildman–Crippen LogP) is 2.56. The molecule has 0 saturated heterocycles. The van der Waals surface area contributed by atoms with Gasteiger partial charge in [-0.15, -0.1) is 0 Å². The number of nitrogens with two attached hydrogens (primary N) is 1. The average Bonchev–Trinajstić information content (AvgIpc) is 2.49. The monoisotopic (exact) mass is 306 g/mol. The molecule has 0 heterocycles. The van der Waals surface area contributed by atoms with E-state index in [4.69, 9.17) is 15.2 Å². The number of ether oxygens (including phenoxy) is 2. The van der Waals surface area contributed by atoms with E-state index in [2.05, 4.69) is 5.32 Å². The summed E-state index contributed by atoms with van der Waals surface area (Å²) in [5.74, 6) is 0.868. The average molecular weight is 306 g/mol. The number of carbonyl (C=O) groups excluding carboxylic acids is 1. The van der Waals surface area contributed by atoms with Crippen LogP contribution in [0.25, 0.3) is 0 Å². The van der Waals surface area contributed by atoms with Crippen molar-refractivity contribution in [3.63, 3.8) is 0 Å². The lowest BCUT2D eigenvalue weighted by atomic mass is 9.66. The van der Waals surface area contributed by atoms with Gasteiger partial charge in [0.25, 0.3) is 0 Å². The smallest absolute Gasteiger partial charge is 0.230 e. The van der Waals surface area contributed by atoms with Crippen molar-refractivity contribution in [1.82, 2.24) is 0 Å². The fourth-order valence-corrected chi connectivity index (χ4v) is 2.68. The van der Waals surface area contributed by atoms with Gasteiger partial charge in [0, 0.05) is 25.4 Å². The molecule has 1 saturated carbocycles. The van der Waals surface area contributed by atoms with Crippen LogP contribution in [-0.2, 0) is 9.53 Å². The molecule has 0 aromatic heterocycles. The molecule has 2 rings (SSSR count). The van der Waals surface area contributed by atoms with Crippen LogP contribution in [0.1, 0.15) is 32.6 Å². The van der Waals surface area contributed by atoms with E-state index in [0.717, 1.165) is 37.1 Å². The van der Waals surface area contributed by atoms with Gasteiger partial charge in [-0.05, 0) is 50.5 Å². The largest absolute Gasteiger partial charge is 0.492 e. The molecule has 0 aliphatic heterocycles. The third-order valence-corrected chi connectivity index (χ3v) is 4.22. The van der Waals surface area contributed by atoms with Gasteiger partial charge in [0.05, 0.1) is 5.41 Å². The molecule has 3 N–H and O–H groups in total. The first kappa shape index (κ1) is 16.8. The van der Waals surface area contributed by atoms with Crippen molar-refractivity contribution in [3.8, 4) is 5.75 Å². The molecule has 5 nitrogen and oxygen atoms in total. The summed E-state index contributed by atoms with van der Waals surface area (Å²) in [7, 11) is 0. The van der Waals surface area contributed by atoms with Gasteiger partial charge in [0.2, 0.25) is 5.91 Å². The highest BCUT2D eigenvalue weighted by Gasteiger charge is 2.43. The Morgan fingerprint density at radius 1 is 1.27 bits per heavy atom. The van der Waals surface area contributed by atoms with Gasteiger partial charge in [0.15, 0.2) is 0 Å². The molecule has 122 valence electrons. The molecule has 1 aliphatic rings. The summed E-state index contributed by atoms with van der Waals surface area (Å²) >= 11 is 0. The summed E-state index contributed by atoms with van der Waals surface area (Å²) in [6.07, 6.45) is 3.81. The number of amides is 1. The van der Waals surface area contributed by atoms with E-state index < -0.39 is 0 Å². The van der Waals surface area contributed by atoms with Crippen molar-refractivity contribution < 1.29 is 14.3 Å². The maximum absolute atomic E-state index is 12.6. The van der Waals surface area contributed by atoms with Gasteiger partial charge < -0.3 is 20.5 Å². The quantitative estimate of drug-likeness (QED) is 0.688. The van der Waals surface area contributed by atoms with E-state index in [-0.39, 0.29) is 11.3 Å². The lowest BCUT2D eigenvalue weighted by Gasteiger charge is -2.40. The highest BCUT2D eigenvalue weighted by molar-refractivity contribution is 5.95. The molecule has 5 heteroatoms. The van der Waals surface area contributed by atoms with E-state index >= 15 is 0 Å². The Balaban J connectivity index is 1.89. The predicted molar refractivity (Wildman–Crippen MR) is 87.0 cm³/mol. The Bertz CT molecular complexity index is 469. The van der Waals surface area contributed by atoms with Gasteiger partial charge in [-0.25, -0.2) is 0 Å². The maximum atomic E-state index is 12.6. The number of rotatable bonds is 9. The van der Waals surface area contributed by atoms with E-state index in [1.165, 1.54) is 0 Å². The van der Waals surface area contributed by atoms with Crippen LogP contribution in [0.4, 0.5) is 5.69 Å². The fourth-order valence-electron chi connectivity index (χ4n) is 2.68. The summed E-state index contributed by atoms with van der Waals surface area (Å²) < 4.78 is 10.8. The van der Waals surface area contributed by atoms with Crippen molar-refractivity contribution in [1.29, 1.82) is 0 Å². The van der Waals surface area contributed by atoms with Crippen LogP contribution >= 0.6 is 0 Å². The standard InChI is InChI=1S/C17H26N2O3/c1-2-21-12-10-17(8-3-9-17)16(20)19-14-4-6-15(7-5-14)22-13-11-18/h4-7H,2-3,8-13,18H2,1H3,(H,19,20). The summed E-state index contributed by atoms with van der Waals surface area (Å²) in [6.45, 7) is 4.30. The minimum atomic E-state index is -0.246. The molecule has 0 spiro atoms. The summed E-state index contributed by atoms with van der Waals surface area (Å²) in [5, 5.41) is 3.02. The molecule has 1 aliphatic carbocycles. The SMILES string of the molecule is CCOCCC1(C(=O)Nc2ccc(OCCN)cc2)CCC1. The van der Waals surface area contributed by atoms with Crippen LogP contribution in [0.15, 0.2) is 24.3 Å². The van der Waals surface area contributed by atoms with Gasteiger partial charge in [-0.2, -0.15) is 0 Å². The van der Waals surface area contributed by atoms with Crippen molar-refractivity contribution in [3.05, 3.63) is 24.3 Å². The van der Waals surface area contributed by atoms with Crippen molar-refractivity contribution in [2.24, 2.45) is 11.1 Å². The lowest BCUT2D eigenvalue weighted by Crippen LogP contribution is -2.42. The highest BCUT2D eigenvalue weighted by Crippen LogP contribution is 2.44. The topological polar surface area (TPSA) is 73.6 Å². The van der Waals surface area contributed by atoms with E-state index in [0.29, 0.717) is 26.4 Å². The Morgan fingerprint density at radius 3 is 2.55 bits per heavy atom. The third kappa shape index (κ3) is 4.21. The second kappa shape index (κ2) is 8.15. The zero-order valence-corrected chi connectivity index (χ0v) is 13.3. The molecule has 22 heavy (non-hydrogen) atoms. The Morgan fingerprint density at radius 2 is 2.00 bits per heavy atom. The molecule has 0 unspecified atom stereocenters. The minimum absolute atomic E-state index is 0.106. The molecule has 0 bridgehead atoms. The second-order valence-electron chi connectivity index (χ2n) is 5.70. The molecular weight excluding hydrogens is 280 g/mol. The number of nitrogens with one attached hydrogen (secondary N) is 1. The molecule has 1 aromatic carbocycles. The first-order valence-corrected chi connectivity index (χ1v) is 8.02. The normalized spacial score (nSPS) is 15.9. The van der Waals surface area contributed by atoms with Gasteiger partial charge >= 0.3 is 0 Å². The fraction of sp³-hybridized carbons (Fsp3) is 0.588. The van der Waals surface area contributed by atoms with E-state index in [1.54, 1.807) is 0 Å². The van der Waals surface area contributed by atoms with Crippen LogP contribution in [-0.4, -0.2) is 32.3 Å². The van der Waals surface area contributed by atoms with Gasteiger partial charge in [0.1, 0.15) is 12.4 Å². The highest BCUT2D eigenvalue weighted by atomic mass is 16.5. The van der Waals surface area contributed by atoms with Gasteiger partial charge in [-0.1, -0.05) is 6.42 Å². The zero-order chi connectivity index (χ0) is 15.8. The summed E-state index contributed by atoms with van der Waals surface area (Å²) in [5.41, 5.74) is 5.95. The van der Waals surface area contributed by atoms with Crippen molar-refractivity contribution in [2.75, 3.05) is 31.7 Å². The minimum Gasteiger partial charge on any atom is -0.492 e.